The van der Waals surface area contributed by atoms with Gasteiger partial charge in [-0.2, -0.15) is 13.2 Å². The van der Waals surface area contributed by atoms with E-state index in [1.54, 1.807) is 13.8 Å². The van der Waals surface area contributed by atoms with Gasteiger partial charge >= 0.3 is 18.1 Å². The van der Waals surface area contributed by atoms with Crippen LogP contribution in [0.4, 0.5) is 13.2 Å². The number of benzene rings is 1. The molecular formula is C27H32F3NO5. The van der Waals surface area contributed by atoms with E-state index in [2.05, 4.69) is 0 Å². The summed E-state index contributed by atoms with van der Waals surface area (Å²) in [7, 11) is 0. The second-order valence-corrected chi connectivity index (χ2v) is 8.97. The third kappa shape index (κ3) is 5.34. The minimum absolute atomic E-state index is 0.0305. The van der Waals surface area contributed by atoms with E-state index >= 15 is 0 Å². The largest absolute Gasteiger partial charge is 0.463 e. The highest BCUT2D eigenvalue weighted by Crippen LogP contribution is 2.47. The average Bonchev–Trinajstić information content (AvgIpc) is 2.83. The van der Waals surface area contributed by atoms with Gasteiger partial charge < -0.3 is 9.47 Å². The van der Waals surface area contributed by atoms with Crippen LogP contribution < -0.4 is 0 Å². The Balaban J connectivity index is 2.32. The number of amides is 1. The molecule has 1 aromatic carbocycles. The van der Waals surface area contributed by atoms with Gasteiger partial charge in [0.25, 0.3) is 0 Å². The Morgan fingerprint density at radius 3 is 1.86 bits per heavy atom. The van der Waals surface area contributed by atoms with E-state index in [0.29, 0.717) is 12.8 Å². The standard InChI is InChI=1S/C27H32F3NO5/c1-5-35-25(33)21-16(3)31(24(32)18-12-8-7-9-13-18)17(4)22(26(34)36-6-2)23(21)19-14-10-11-15-20(19)27(28,29)30/h10-11,14-15,18,23H,5-9,12-13H2,1-4H3. The predicted molar refractivity (Wildman–Crippen MR) is 126 cm³/mol. The van der Waals surface area contributed by atoms with Crippen molar-refractivity contribution >= 4 is 17.8 Å². The van der Waals surface area contributed by atoms with Crippen LogP contribution in [0.2, 0.25) is 0 Å². The van der Waals surface area contributed by atoms with Crippen molar-refractivity contribution in [1.82, 2.24) is 4.90 Å². The summed E-state index contributed by atoms with van der Waals surface area (Å²) < 4.78 is 52.7. The molecule has 0 spiro atoms. The van der Waals surface area contributed by atoms with Crippen molar-refractivity contribution in [3.8, 4) is 0 Å². The van der Waals surface area contributed by atoms with E-state index in [9.17, 15) is 27.6 Å². The van der Waals surface area contributed by atoms with E-state index in [4.69, 9.17) is 9.47 Å². The number of nitrogens with zero attached hydrogens (tertiary/aromatic N) is 1. The summed E-state index contributed by atoms with van der Waals surface area (Å²) in [5.41, 5.74) is -1.28. The van der Waals surface area contributed by atoms with Crippen LogP contribution in [0.15, 0.2) is 46.8 Å². The van der Waals surface area contributed by atoms with Crippen molar-refractivity contribution < 1.29 is 37.0 Å². The lowest BCUT2D eigenvalue weighted by Gasteiger charge is -2.39. The monoisotopic (exact) mass is 507 g/mol. The molecule has 1 aliphatic carbocycles. The van der Waals surface area contributed by atoms with Crippen LogP contribution in [0, 0.1) is 5.92 Å². The van der Waals surface area contributed by atoms with Crippen molar-refractivity contribution in [2.45, 2.75) is 71.9 Å². The average molecular weight is 508 g/mol. The zero-order valence-electron chi connectivity index (χ0n) is 21.0. The number of rotatable bonds is 6. The summed E-state index contributed by atoms with van der Waals surface area (Å²) in [6.45, 7) is 6.12. The summed E-state index contributed by atoms with van der Waals surface area (Å²) in [5, 5.41) is 0. The maximum Gasteiger partial charge on any atom is 0.416 e. The molecule has 9 heteroatoms. The van der Waals surface area contributed by atoms with Gasteiger partial charge in [-0.1, -0.05) is 37.5 Å². The first-order valence-corrected chi connectivity index (χ1v) is 12.3. The third-order valence-electron chi connectivity index (χ3n) is 6.77. The lowest BCUT2D eigenvalue weighted by Crippen LogP contribution is -2.41. The molecule has 1 heterocycles. The van der Waals surface area contributed by atoms with Gasteiger partial charge in [-0.3, -0.25) is 9.69 Å². The van der Waals surface area contributed by atoms with Crippen molar-refractivity contribution in [2.75, 3.05) is 13.2 Å². The molecule has 196 valence electrons. The molecule has 2 aliphatic rings. The Morgan fingerprint density at radius 2 is 1.39 bits per heavy atom. The summed E-state index contributed by atoms with van der Waals surface area (Å²) in [6.07, 6.45) is -0.627. The molecule has 36 heavy (non-hydrogen) atoms. The van der Waals surface area contributed by atoms with Gasteiger partial charge in [-0.05, 0) is 52.2 Å². The highest BCUT2D eigenvalue weighted by atomic mass is 19.4. The Bertz CT molecular complexity index is 1040. The molecule has 0 unspecified atom stereocenters. The smallest absolute Gasteiger partial charge is 0.416 e. The molecule has 0 N–H and O–H groups in total. The fourth-order valence-corrected chi connectivity index (χ4v) is 5.18. The van der Waals surface area contributed by atoms with Crippen LogP contribution in [0.5, 0.6) is 0 Å². The minimum atomic E-state index is -4.74. The quantitative estimate of drug-likeness (QED) is 0.449. The molecule has 1 amide bonds. The van der Waals surface area contributed by atoms with Crippen LogP contribution in [-0.4, -0.2) is 36.0 Å². The first-order valence-electron chi connectivity index (χ1n) is 12.3. The predicted octanol–water partition coefficient (Wildman–Crippen LogP) is 5.89. The van der Waals surface area contributed by atoms with Gasteiger partial charge in [0.15, 0.2) is 0 Å². The summed E-state index contributed by atoms with van der Waals surface area (Å²) in [4.78, 5) is 41.5. The van der Waals surface area contributed by atoms with Gasteiger partial charge in [-0.25, -0.2) is 9.59 Å². The number of alkyl halides is 3. The van der Waals surface area contributed by atoms with E-state index in [-0.39, 0.29) is 53.1 Å². The Morgan fingerprint density at radius 1 is 0.889 bits per heavy atom. The Labute approximate surface area is 209 Å². The number of allylic oxidation sites excluding steroid dienone is 2. The van der Waals surface area contributed by atoms with Crippen LogP contribution in [0.1, 0.15) is 76.8 Å². The highest BCUT2D eigenvalue weighted by Gasteiger charge is 2.46. The molecule has 0 bridgehead atoms. The van der Waals surface area contributed by atoms with Crippen molar-refractivity contribution in [1.29, 1.82) is 0 Å². The zero-order valence-corrected chi connectivity index (χ0v) is 21.0. The number of hydrogen-bond acceptors (Lipinski definition) is 5. The lowest BCUT2D eigenvalue weighted by molar-refractivity contribution is -0.142. The van der Waals surface area contributed by atoms with Gasteiger partial charge in [0.2, 0.25) is 5.91 Å². The Hall–Kier alpha value is -3.10. The molecular weight excluding hydrogens is 475 g/mol. The van der Waals surface area contributed by atoms with Crippen LogP contribution in [0.25, 0.3) is 0 Å². The number of hydrogen-bond donors (Lipinski definition) is 0. The summed E-state index contributed by atoms with van der Waals surface area (Å²) in [5.74, 6) is -3.78. The van der Waals surface area contributed by atoms with Crippen LogP contribution in [0.3, 0.4) is 0 Å². The SMILES string of the molecule is CCOC(=O)C1=C(C)N(C(=O)C2CCCCC2)C(C)=C(C(=O)OCC)C1c1ccccc1C(F)(F)F. The van der Waals surface area contributed by atoms with Gasteiger partial charge in [0.05, 0.1) is 35.8 Å². The number of esters is 2. The second-order valence-electron chi connectivity index (χ2n) is 8.97. The van der Waals surface area contributed by atoms with Crippen LogP contribution in [-0.2, 0) is 30.0 Å². The molecule has 0 aromatic heterocycles. The van der Waals surface area contributed by atoms with Crippen molar-refractivity contribution in [3.05, 3.63) is 57.9 Å². The maximum absolute atomic E-state index is 14.1. The first-order chi connectivity index (χ1) is 17.0. The van der Waals surface area contributed by atoms with Crippen LogP contribution >= 0.6 is 0 Å². The molecule has 0 atom stereocenters. The molecule has 1 saturated carbocycles. The lowest BCUT2D eigenvalue weighted by atomic mass is 9.77. The van der Waals surface area contributed by atoms with Gasteiger partial charge in [0.1, 0.15) is 0 Å². The fraction of sp³-hybridized carbons (Fsp3) is 0.519. The zero-order chi connectivity index (χ0) is 26.6. The molecule has 3 rings (SSSR count). The highest BCUT2D eigenvalue weighted by molar-refractivity contribution is 6.02. The summed E-state index contributed by atoms with van der Waals surface area (Å²) in [6, 6.07) is 4.81. The fourth-order valence-electron chi connectivity index (χ4n) is 5.18. The van der Waals surface area contributed by atoms with Gasteiger partial charge in [-0.15, -0.1) is 0 Å². The molecule has 1 aromatic rings. The number of ether oxygens (including phenoxy) is 2. The van der Waals surface area contributed by atoms with E-state index in [1.165, 1.54) is 36.9 Å². The number of halogens is 3. The first kappa shape index (κ1) is 27.5. The third-order valence-corrected chi connectivity index (χ3v) is 6.77. The van der Waals surface area contributed by atoms with Gasteiger partial charge in [0, 0.05) is 17.3 Å². The topological polar surface area (TPSA) is 72.9 Å². The van der Waals surface area contributed by atoms with E-state index < -0.39 is 29.6 Å². The van der Waals surface area contributed by atoms with Crippen molar-refractivity contribution in [2.24, 2.45) is 5.92 Å². The Kier molecular flexibility index (Phi) is 8.63. The van der Waals surface area contributed by atoms with E-state index in [1.807, 2.05) is 0 Å². The molecule has 0 saturated heterocycles. The molecule has 6 nitrogen and oxygen atoms in total. The van der Waals surface area contributed by atoms with E-state index in [0.717, 1.165) is 25.3 Å². The second kappa shape index (κ2) is 11.3. The normalized spacial score (nSPS) is 17.9. The molecule has 1 aliphatic heterocycles. The number of carbonyl (C=O) groups is 3. The molecule has 1 fully saturated rings. The minimum Gasteiger partial charge on any atom is -0.463 e. The van der Waals surface area contributed by atoms with Crippen molar-refractivity contribution in [3.63, 3.8) is 0 Å². The molecule has 0 radical (unpaired) electrons. The summed E-state index contributed by atoms with van der Waals surface area (Å²) >= 11 is 0. The number of carbonyl (C=O) groups excluding carboxylic acids is 3. The maximum atomic E-state index is 14.1.